The zero-order chi connectivity index (χ0) is 19.0. The van der Waals surface area contributed by atoms with Crippen LogP contribution in [-0.2, 0) is 25.4 Å². The van der Waals surface area contributed by atoms with Crippen LogP contribution in [0.5, 0.6) is 0 Å². The smallest absolute Gasteiger partial charge is 0.222 e. The summed E-state index contributed by atoms with van der Waals surface area (Å²) < 4.78 is 17.5. The number of hydrogen-bond acceptors (Lipinski definition) is 4. The monoisotopic (exact) mass is 375 g/mol. The molecule has 2 heterocycles. The second-order valence-corrected chi connectivity index (χ2v) is 7.58. The Balaban J connectivity index is 1.41. The van der Waals surface area contributed by atoms with Crippen molar-refractivity contribution >= 4 is 5.91 Å². The number of carbonyl (C=O) groups excluding carboxylic acids is 1. The maximum atomic E-state index is 12.6. The highest BCUT2D eigenvalue weighted by Gasteiger charge is 2.41. The molecule has 2 aliphatic heterocycles. The number of rotatable bonds is 8. The molecule has 1 spiro atoms. The van der Waals surface area contributed by atoms with E-state index in [1.165, 1.54) is 5.56 Å². The van der Waals surface area contributed by atoms with Crippen LogP contribution >= 0.6 is 0 Å². The van der Waals surface area contributed by atoms with Gasteiger partial charge in [0.15, 0.2) is 0 Å². The minimum atomic E-state index is -0.106. The van der Waals surface area contributed by atoms with Gasteiger partial charge in [0.05, 0.1) is 24.9 Å². The Bertz CT molecular complexity index is 569. The van der Waals surface area contributed by atoms with Crippen molar-refractivity contribution in [3.8, 4) is 0 Å². The van der Waals surface area contributed by atoms with E-state index >= 15 is 0 Å². The highest BCUT2D eigenvalue weighted by molar-refractivity contribution is 5.76. The van der Waals surface area contributed by atoms with Crippen LogP contribution in [0, 0.1) is 0 Å². The fraction of sp³-hybridized carbons (Fsp3) is 0.682. The van der Waals surface area contributed by atoms with E-state index in [4.69, 9.17) is 14.2 Å². The molecule has 0 saturated carbocycles. The average molecular weight is 376 g/mol. The van der Waals surface area contributed by atoms with Gasteiger partial charge in [-0.25, -0.2) is 0 Å². The molecular weight excluding hydrogens is 342 g/mol. The van der Waals surface area contributed by atoms with Crippen molar-refractivity contribution < 1.29 is 19.0 Å². The average Bonchev–Trinajstić information content (AvgIpc) is 2.71. The Morgan fingerprint density at radius 2 is 2.00 bits per heavy atom. The van der Waals surface area contributed by atoms with E-state index in [1.54, 1.807) is 0 Å². The van der Waals surface area contributed by atoms with Crippen LogP contribution in [0.15, 0.2) is 30.3 Å². The van der Waals surface area contributed by atoms with Gasteiger partial charge in [0, 0.05) is 39.1 Å². The minimum absolute atomic E-state index is 0.106. The third-order valence-electron chi connectivity index (χ3n) is 5.73. The summed E-state index contributed by atoms with van der Waals surface area (Å²) in [6.07, 6.45) is 5.36. The van der Waals surface area contributed by atoms with Gasteiger partial charge in [0.25, 0.3) is 0 Å². The van der Waals surface area contributed by atoms with Crippen molar-refractivity contribution in [1.29, 1.82) is 0 Å². The van der Waals surface area contributed by atoms with Crippen molar-refractivity contribution in [2.75, 3.05) is 39.5 Å². The van der Waals surface area contributed by atoms with E-state index in [2.05, 4.69) is 12.1 Å². The van der Waals surface area contributed by atoms with Gasteiger partial charge in [-0.05, 0) is 38.2 Å². The van der Waals surface area contributed by atoms with Gasteiger partial charge in [-0.1, -0.05) is 30.3 Å². The molecule has 1 unspecified atom stereocenters. The van der Waals surface area contributed by atoms with E-state index in [1.807, 2.05) is 30.0 Å². The standard InChI is InChI=1S/C22H33NO4/c1-2-25-16-17-26-20-10-15-27-22(18-20)11-13-23(14-12-22)21(24)9-8-19-6-4-3-5-7-19/h3-7,20H,2,8-18H2,1H3. The second-order valence-electron chi connectivity index (χ2n) is 7.58. The Morgan fingerprint density at radius 1 is 1.22 bits per heavy atom. The molecule has 1 amide bonds. The van der Waals surface area contributed by atoms with Crippen molar-refractivity contribution in [1.82, 2.24) is 4.90 Å². The molecule has 5 heteroatoms. The van der Waals surface area contributed by atoms with Crippen molar-refractivity contribution in [3.63, 3.8) is 0 Å². The van der Waals surface area contributed by atoms with Gasteiger partial charge >= 0.3 is 0 Å². The molecule has 1 aromatic carbocycles. The molecule has 0 N–H and O–H groups in total. The van der Waals surface area contributed by atoms with Gasteiger partial charge < -0.3 is 19.1 Å². The molecule has 0 radical (unpaired) electrons. The molecule has 0 aliphatic carbocycles. The first-order chi connectivity index (χ1) is 13.2. The number of amides is 1. The molecule has 2 fully saturated rings. The summed E-state index contributed by atoms with van der Waals surface area (Å²) >= 11 is 0. The Labute approximate surface area is 163 Å². The molecule has 5 nitrogen and oxygen atoms in total. The zero-order valence-corrected chi connectivity index (χ0v) is 16.5. The third-order valence-corrected chi connectivity index (χ3v) is 5.73. The number of benzene rings is 1. The van der Waals surface area contributed by atoms with Crippen molar-refractivity contribution in [2.24, 2.45) is 0 Å². The largest absolute Gasteiger partial charge is 0.379 e. The van der Waals surface area contributed by atoms with Gasteiger partial charge in [-0.2, -0.15) is 0 Å². The number of aryl methyl sites for hydroxylation is 1. The Kier molecular flexibility index (Phi) is 7.68. The van der Waals surface area contributed by atoms with E-state index in [-0.39, 0.29) is 17.6 Å². The molecule has 150 valence electrons. The lowest BCUT2D eigenvalue weighted by molar-refractivity contribution is -0.163. The van der Waals surface area contributed by atoms with Crippen LogP contribution in [0.1, 0.15) is 44.6 Å². The summed E-state index contributed by atoms with van der Waals surface area (Å²) in [6.45, 7) is 6.37. The van der Waals surface area contributed by atoms with Crippen LogP contribution in [-0.4, -0.2) is 62.0 Å². The molecular formula is C22H33NO4. The van der Waals surface area contributed by atoms with Crippen LogP contribution in [0.2, 0.25) is 0 Å². The number of hydrogen-bond donors (Lipinski definition) is 0. The van der Waals surface area contributed by atoms with Crippen LogP contribution in [0.25, 0.3) is 0 Å². The summed E-state index contributed by atoms with van der Waals surface area (Å²) in [5.41, 5.74) is 1.12. The maximum Gasteiger partial charge on any atom is 0.222 e. The van der Waals surface area contributed by atoms with Gasteiger partial charge in [0.1, 0.15) is 0 Å². The fourth-order valence-electron chi connectivity index (χ4n) is 4.11. The molecule has 2 saturated heterocycles. The zero-order valence-electron chi connectivity index (χ0n) is 16.5. The van der Waals surface area contributed by atoms with Gasteiger partial charge in [0.2, 0.25) is 5.91 Å². The molecule has 27 heavy (non-hydrogen) atoms. The maximum absolute atomic E-state index is 12.6. The lowest BCUT2D eigenvalue weighted by Crippen LogP contribution is -2.52. The second kappa shape index (κ2) is 10.2. The molecule has 0 aromatic heterocycles. The van der Waals surface area contributed by atoms with Crippen LogP contribution in [0.4, 0.5) is 0 Å². The lowest BCUT2D eigenvalue weighted by atomic mass is 9.83. The summed E-state index contributed by atoms with van der Waals surface area (Å²) in [6, 6.07) is 10.2. The van der Waals surface area contributed by atoms with Crippen molar-refractivity contribution in [3.05, 3.63) is 35.9 Å². The Hall–Kier alpha value is -1.43. The molecule has 1 aromatic rings. The lowest BCUT2D eigenvalue weighted by Gasteiger charge is -2.46. The first kappa shape index (κ1) is 20.3. The highest BCUT2D eigenvalue weighted by atomic mass is 16.5. The number of carbonyl (C=O) groups is 1. The topological polar surface area (TPSA) is 48.0 Å². The van der Waals surface area contributed by atoms with E-state index in [0.717, 1.165) is 58.4 Å². The van der Waals surface area contributed by atoms with Crippen molar-refractivity contribution in [2.45, 2.75) is 57.2 Å². The van der Waals surface area contributed by atoms with Gasteiger partial charge in [-0.15, -0.1) is 0 Å². The number of nitrogens with zero attached hydrogens (tertiary/aromatic N) is 1. The highest BCUT2D eigenvalue weighted by Crippen LogP contribution is 2.36. The van der Waals surface area contributed by atoms with E-state index in [9.17, 15) is 4.79 Å². The first-order valence-electron chi connectivity index (χ1n) is 10.4. The Morgan fingerprint density at radius 3 is 2.74 bits per heavy atom. The summed E-state index contributed by atoms with van der Waals surface area (Å²) in [7, 11) is 0. The summed E-state index contributed by atoms with van der Waals surface area (Å²) in [5.74, 6) is 0.258. The number of piperidine rings is 1. The predicted octanol–water partition coefficient (Wildman–Crippen LogP) is 3.21. The SMILES string of the molecule is CCOCCOC1CCOC2(CCN(C(=O)CCc3ccccc3)CC2)C1. The summed E-state index contributed by atoms with van der Waals surface area (Å²) in [5, 5.41) is 0. The quantitative estimate of drug-likeness (QED) is 0.655. The summed E-state index contributed by atoms with van der Waals surface area (Å²) in [4.78, 5) is 14.6. The fourth-order valence-corrected chi connectivity index (χ4v) is 4.11. The first-order valence-corrected chi connectivity index (χ1v) is 10.4. The molecule has 2 aliphatic rings. The van der Waals surface area contributed by atoms with E-state index in [0.29, 0.717) is 19.6 Å². The third kappa shape index (κ3) is 6.03. The molecule has 1 atom stereocenters. The number of ether oxygens (including phenoxy) is 3. The molecule has 3 rings (SSSR count). The van der Waals surface area contributed by atoms with Crippen LogP contribution < -0.4 is 0 Å². The normalized spacial score (nSPS) is 22.1. The van der Waals surface area contributed by atoms with Crippen LogP contribution in [0.3, 0.4) is 0 Å². The van der Waals surface area contributed by atoms with Gasteiger partial charge in [-0.3, -0.25) is 4.79 Å². The predicted molar refractivity (Wildman–Crippen MR) is 105 cm³/mol. The van der Waals surface area contributed by atoms with E-state index < -0.39 is 0 Å². The minimum Gasteiger partial charge on any atom is -0.379 e. The molecule has 0 bridgehead atoms. The number of likely N-dealkylation sites (tertiary alicyclic amines) is 1.